The molecule has 0 aromatic rings. The third kappa shape index (κ3) is 2.84. The Morgan fingerprint density at radius 2 is 2.14 bits per heavy atom. The molecule has 2 aliphatic heterocycles. The Labute approximate surface area is 126 Å². The van der Waals surface area contributed by atoms with Crippen LogP contribution in [-0.4, -0.2) is 60.4 Å². The number of hydrogen-bond acceptors (Lipinski definition) is 3. The Balaban J connectivity index is 1.62. The van der Waals surface area contributed by atoms with Gasteiger partial charge in [0.25, 0.3) is 0 Å². The van der Waals surface area contributed by atoms with E-state index in [0.29, 0.717) is 19.0 Å². The summed E-state index contributed by atoms with van der Waals surface area (Å²) in [5.74, 6) is 0.576. The molecule has 0 unspecified atom stereocenters. The summed E-state index contributed by atoms with van der Waals surface area (Å²) >= 11 is 0. The molecule has 2 heterocycles. The van der Waals surface area contributed by atoms with Gasteiger partial charge in [-0.2, -0.15) is 0 Å². The van der Waals surface area contributed by atoms with Gasteiger partial charge in [0, 0.05) is 32.7 Å². The van der Waals surface area contributed by atoms with E-state index in [9.17, 15) is 9.59 Å². The molecule has 3 rings (SSSR count). The van der Waals surface area contributed by atoms with Gasteiger partial charge in [-0.05, 0) is 31.6 Å². The van der Waals surface area contributed by atoms with Crippen molar-refractivity contribution in [3.63, 3.8) is 0 Å². The number of hydrogen-bond donors (Lipinski definition) is 1. The van der Waals surface area contributed by atoms with Crippen molar-refractivity contribution in [2.45, 2.75) is 32.7 Å². The topological polar surface area (TPSA) is 52.7 Å². The van der Waals surface area contributed by atoms with Crippen LogP contribution in [0.3, 0.4) is 0 Å². The summed E-state index contributed by atoms with van der Waals surface area (Å²) in [5, 5.41) is 2.70. The molecule has 116 valence electrons. The van der Waals surface area contributed by atoms with Crippen LogP contribution in [-0.2, 0) is 9.59 Å². The summed E-state index contributed by atoms with van der Waals surface area (Å²) < 4.78 is 0. The average Bonchev–Trinajstić information content (AvgIpc) is 2.47. The molecule has 1 aliphatic carbocycles. The van der Waals surface area contributed by atoms with E-state index in [1.807, 2.05) is 0 Å². The Hall–Kier alpha value is -1.36. The van der Waals surface area contributed by atoms with E-state index < -0.39 is 5.91 Å². The second-order valence-electron chi connectivity index (χ2n) is 6.73. The highest BCUT2D eigenvalue weighted by molar-refractivity contribution is 6.35. The van der Waals surface area contributed by atoms with Gasteiger partial charge in [-0.3, -0.25) is 14.5 Å². The lowest BCUT2D eigenvalue weighted by Crippen LogP contribution is -2.65. The number of amides is 2. The average molecular weight is 291 g/mol. The van der Waals surface area contributed by atoms with E-state index in [1.54, 1.807) is 4.90 Å². The van der Waals surface area contributed by atoms with Gasteiger partial charge in [0.05, 0.1) is 6.04 Å². The number of nitrogens with zero attached hydrogens (tertiary/aromatic N) is 2. The van der Waals surface area contributed by atoms with Crippen LogP contribution >= 0.6 is 0 Å². The maximum atomic E-state index is 11.8. The molecule has 5 nitrogen and oxygen atoms in total. The predicted octanol–water partition coefficient (Wildman–Crippen LogP) is 0.621. The zero-order chi connectivity index (χ0) is 15.0. The van der Waals surface area contributed by atoms with Crippen LogP contribution in [0.2, 0.25) is 0 Å². The SMILES string of the molecule is CC1=CCC[C@H](C)[C@H]1CN1CCN2C(=O)C(=O)NC[C@H]2C1. The molecule has 3 aliphatic rings. The third-order valence-electron chi connectivity index (χ3n) is 5.34. The highest BCUT2D eigenvalue weighted by atomic mass is 16.2. The maximum absolute atomic E-state index is 11.8. The van der Waals surface area contributed by atoms with Gasteiger partial charge in [-0.15, -0.1) is 0 Å². The summed E-state index contributed by atoms with van der Waals surface area (Å²) in [6.45, 7) is 8.71. The predicted molar refractivity (Wildman–Crippen MR) is 80.6 cm³/mol. The quantitative estimate of drug-likeness (QED) is 0.599. The van der Waals surface area contributed by atoms with Gasteiger partial charge in [0.15, 0.2) is 0 Å². The highest BCUT2D eigenvalue weighted by Gasteiger charge is 2.38. The van der Waals surface area contributed by atoms with Crippen molar-refractivity contribution in [2.75, 3.05) is 32.7 Å². The van der Waals surface area contributed by atoms with Gasteiger partial charge in [0.2, 0.25) is 0 Å². The molecule has 2 saturated heterocycles. The first kappa shape index (κ1) is 14.6. The number of carbonyl (C=O) groups is 2. The van der Waals surface area contributed by atoms with Crippen molar-refractivity contribution in [3.05, 3.63) is 11.6 Å². The summed E-state index contributed by atoms with van der Waals surface area (Å²) in [6.07, 6.45) is 4.87. The van der Waals surface area contributed by atoms with Crippen molar-refractivity contribution in [1.29, 1.82) is 0 Å². The van der Waals surface area contributed by atoms with Crippen LogP contribution in [0.4, 0.5) is 0 Å². The van der Waals surface area contributed by atoms with Gasteiger partial charge < -0.3 is 10.2 Å². The molecule has 3 atom stereocenters. The molecule has 5 heteroatoms. The van der Waals surface area contributed by atoms with E-state index >= 15 is 0 Å². The molecule has 2 amide bonds. The number of nitrogens with one attached hydrogen (secondary N) is 1. The first-order valence-electron chi connectivity index (χ1n) is 8.04. The summed E-state index contributed by atoms with van der Waals surface area (Å²) in [5.41, 5.74) is 1.52. The monoisotopic (exact) mass is 291 g/mol. The van der Waals surface area contributed by atoms with E-state index in [-0.39, 0.29) is 11.9 Å². The van der Waals surface area contributed by atoms with Crippen LogP contribution in [0.5, 0.6) is 0 Å². The molecule has 0 spiro atoms. The normalized spacial score (nSPS) is 34.3. The van der Waals surface area contributed by atoms with Crippen LogP contribution < -0.4 is 5.32 Å². The molecule has 0 radical (unpaired) electrons. The fourth-order valence-corrected chi connectivity index (χ4v) is 3.92. The molecular formula is C16H25N3O2. The minimum Gasteiger partial charge on any atom is -0.346 e. The van der Waals surface area contributed by atoms with Crippen molar-refractivity contribution in [2.24, 2.45) is 11.8 Å². The molecule has 2 fully saturated rings. The van der Waals surface area contributed by atoms with E-state index in [2.05, 4.69) is 30.1 Å². The van der Waals surface area contributed by atoms with Gasteiger partial charge in [-0.25, -0.2) is 0 Å². The second-order valence-corrected chi connectivity index (χ2v) is 6.73. The summed E-state index contributed by atoms with van der Waals surface area (Å²) in [7, 11) is 0. The molecule has 1 N–H and O–H groups in total. The minimum atomic E-state index is -0.445. The Morgan fingerprint density at radius 3 is 2.90 bits per heavy atom. The zero-order valence-corrected chi connectivity index (χ0v) is 13.0. The standard InChI is InChI=1S/C16H25N3O2/c1-11-4-3-5-12(2)14(11)10-18-6-7-19-13(9-18)8-17-15(20)16(19)21/h4,12-14H,3,5-10H2,1-2H3,(H,17,20)/t12-,13-,14-/m0/s1. The Bertz CT molecular complexity index is 474. The van der Waals surface area contributed by atoms with Gasteiger partial charge >= 0.3 is 11.8 Å². The molecule has 0 aromatic carbocycles. The summed E-state index contributed by atoms with van der Waals surface area (Å²) in [4.78, 5) is 27.5. The number of allylic oxidation sites excluding steroid dienone is 1. The zero-order valence-electron chi connectivity index (χ0n) is 13.0. The second kappa shape index (κ2) is 5.79. The Morgan fingerprint density at radius 1 is 1.33 bits per heavy atom. The fourth-order valence-electron chi connectivity index (χ4n) is 3.92. The van der Waals surface area contributed by atoms with Crippen LogP contribution in [0.25, 0.3) is 0 Å². The van der Waals surface area contributed by atoms with Crippen LogP contribution in [0.1, 0.15) is 26.7 Å². The van der Waals surface area contributed by atoms with Crippen molar-refractivity contribution in [1.82, 2.24) is 15.1 Å². The highest BCUT2D eigenvalue weighted by Crippen LogP contribution is 2.31. The lowest BCUT2D eigenvalue weighted by atomic mass is 9.79. The van der Waals surface area contributed by atoms with Crippen molar-refractivity contribution >= 4 is 11.8 Å². The van der Waals surface area contributed by atoms with Crippen LogP contribution in [0, 0.1) is 11.8 Å². The lowest BCUT2D eigenvalue weighted by Gasteiger charge is -2.45. The lowest BCUT2D eigenvalue weighted by molar-refractivity contribution is -0.152. The summed E-state index contributed by atoms with van der Waals surface area (Å²) in [6, 6.07) is 0.145. The minimum absolute atomic E-state index is 0.145. The number of rotatable bonds is 2. The first-order valence-corrected chi connectivity index (χ1v) is 8.04. The number of carbonyl (C=O) groups excluding carboxylic acids is 2. The number of fused-ring (bicyclic) bond motifs is 1. The van der Waals surface area contributed by atoms with Gasteiger partial charge in [-0.1, -0.05) is 18.6 Å². The first-order chi connectivity index (χ1) is 10.1. The molecule has 21 heavy (non-hydrogen) atoms. The molecular weight excluding hydrogens is 266 g/mol. The fraction of sp³-hybridized carbons (Fsp3) is 0.750. The molecule has 0 aromatic heterocycles. The van der Waals surface area contributed by atoms with Gasteiger partial charge in [0.1, 0.15) is 0 Å². The van der Waals surface area contributed by atoms with Crippen molar-refractivity contribution < 1.29 is 9.59 Å². The maximum Gasteiger partial charge on any atom is 0.312 e. The third-order valence-corrected chi connectivity index (χ3v) is 5.34. The molecule has 0 saturated carbocycles. The Kier molecular flexibility index (Phi) is 4.02. The van der Waals surface area contributed by atoms with E-state index in [4.69, 9.17) is 0 Å². The van der Waals surface area contributed by atoms with E-state index in [0.717, 1.165) is 25.6 Å². The van der Waals surface area contributed by atoms with E-state index in [1.165, 1.54) is 18.4 Å². The van der Waals surface area contributed by atoms with Crippen molar-refractivity contribution in [3.8, 4) is 0 Å². The smallest absolute Gasteiger partial charge is 0.312 e. The molecule has 0 bridgehead atoms. The number of piperazine rings is 2. The van der Waals surface area contributed by atoms with Crippen LogP contribution in [0.15, 0.2) is 11.6 Å². The largest absolute Gasteiger partial charge is 0.346 e.